The first-order valence-corrected chi connectivity index (χ1v) is 6.78. The van der Waals surface area contributed by atoms with Crippen LogP contribution in [0.4, 0.5) is 13.2 Å². The van der Waals surface area contributed by atoms with Crippen molar-refractivity contribution in [3.8, 4) is 0 Å². The number of halogens is 4. The molecule has 2 aromatic heterocycles. The average molecular weight is 349 g/mol. The molecular formula is C13H12BrF3N2O. The Hall–Kier alpha value is -1.37. The van der Waals surface area contributed by atoms with E-state index in [0.29, 0.717) is 16.8 Å². The van der Waals surface area contributed by atoms with Crippen LogP contribution in [0.1, 0.15) is 30.2 Å². The van der Waals surface area contributed by atoms with Gasteiger partial charge in [0.1, 0.15) is 11.5 Å². The Labute approximate surface area is 121 Å². The van der Waals surface area contributed by atoms with Crippen LogP contribution in [-0.2, 0) is 6.42 Å². The van der Waals surface area contributed by atoms with E-state index >= 15 is 0 Å². The Kier molecular flexibility index (Phi) is 3.90. The maximum Gasteiger partial charge on any atom is 0.456 e. The predicted octanol–water partition coefficient (Wildman–Crippen LogP) is 4.04. The maximum atomic E-state index is 12.6. The van der Waals surface area contributed by atoms with Crippen molar-refractivity contribution in [1.82, 2.24) is 9.38 Å². The van der Waals surface area contributed by atoms with Gasteiger partial charge in [-0.25, -0.2) is 4.98 Å². The van der Waals surface area contributed by atoms with Crippen LogP contribution in [0.5, 0.6) is 0 Å². The summed E-state index contributed by atoms with van der Waals surface area (Å²) in [6, 6.07) is 4.73. The van der Waals surface area contributed by atoms with Crippen LogP contribution in [0, 0.1) is 5.92 Å². The van der Waals surface area contributed by atoms with Crippen molar-refractivity contribution < 1.29 is 18.0 Å². The van der Waals surface area contributed by atoms with E-state index in [9.17, 15) is 18.0 Å². The number of hydrogen-bond donors (Lipinski definition) is 0. The molecule has 0 saturated carbocycles. The summed E-state index contributed by atoms with van der Waals surface area (Å²) >= 11 is 3.28. The standard InChI is InChI=1S/C13H12BrF3N2O/c1-7(2)6-10-18-11(12(20)13(15,16)17)8-4-3-5-9(14)19(8)10/h3-5,7H,6H2,1-2H3. The minimum Gasteiger partial charge on any atom is -0.290 e. The van der Waals surface area contributed by atoms with Gasteiger partial charge in [-0.05, 0) is 34.0 Å². The molecule has 0 unspecified atom stereocenters. The normalized spacial score (nSPS) is 12.3. The average Bonchev–Trinajstić information content (AvgIpc) is 2.66. The van der Waals surface area contributed by atoms with Gasteiger partial charge in [0, 0.05) is 6.42 Å². The van der Waals surface area contributed by atoms with Crippen molar-refractivity contribution in [3.63, 3.8) is 0 Å². The molecule has 2 heterocycles. The molecule has 0 spiro atoms. The van der Waals surface area contributed by atoms with Crippen LogP contribution in [-0.4, -0.2) is 21.3 Å². The molecule has 2 rings (SSSR count). The van der Waals surface area contributed by atoms with E-state index in [1.807, 2.05) is 13.8 Å². The Morgan fingerprint density at radius 2 is 2.05 bits per heavy atom. The maximum absolute atomic E-state index is 12.6. The largest absolute Gasteiger partial charge is 0.456 e. The third-order valence-electron chi connectivity index (χ3n) is 2.75. The molecule has 0 aliphatic rings. The Morgan fingerprint density at radius 3 is 2.60 bits per heavy atom. The summed E-state index contributed by atoms with van der Waals surface area (Å²) in [6.45, 7) is 3.87. The van der Waals surface area contributed by atoms with Gasteiger partial charge >= 0.3 is 6.18 Å². The topological polar surface area (TPSA) is 34.4 Å². The van der Waals surface area contributed by atoms with Gasteiger partial charge in [0.25, 0.3) is 5.78 Å². The quantitative estimate of drug-likeness (QED) is 0.619. The van der Waals surface area contributed by atoms with E-state index in [-0.39, 0.29) is 11.4 Å². The van der Waals surface area contributed by atoms with E-state index in [1.165, 1.54) is 6.07 Å². The number of rotatable bonds is 3. The zero-order chi connectivity index (χ0) is 15.1. The summed E-state index contributed by atoms with van der Waals surface area (Å²) < 4.78 is 40.0. The van der Waals surface area contributed by atoms with Crippen LogP contribution < -0.4 is 0 Å². The molecule has 0 aliphatic carbocycles. The smallest absolute Gasteiger partial charge is 0.290 e. The molecule has 2 aromatic rings. The van der Waals surface area contributed by atoms with E-state index in [4.69, 9.17) is 0 Å². The van der Waals surface area contributed by atoms with Crippen LogP contribution >= 0.6 is 15.9 Å². The summed E-state index contributed by atoms with van der Waals surface area (Å²) in [4.78, 5) is 15.4. The zero-order valence-electron chi connectivity index (χ0n) is 10.8. The second-order valence-electron chi connectivity index (χ2n) is 4.87. The fraction of sp³-hybridized carbons (Fsp3) is 0.385. The van der Waals surface area contributed by atoms with Gasteiger partial charge in [-0.2, -0.15) is 13.2 Å². The zero-order valence-corrected chi connectivity index (χ0v) is 12.4. The van der Waals surface area contributed by atoms with E-state index < -0.39 is 17.7 Å². The molecule has 3 nitrogen and oxygen atoms in total. The predicted molar refractivity (Wildman–Crippen MR) is 71.8 cm³/mol. The van der Waals surface area contributed by atoms with Crippen molar-refractivity contribution >= 4 is 27.2 Å². The Bertz CT molecular complexity index is 661. The van der Waals surface area contributed by atoms with Gasteiger partial charge < -0.3 is 0 Å². The first-order valence-electron chi connectivity index (χ1n) is 5.99. The lowest BCUT2D eigenvalue weighted by Gasteiger charge is -2.05. The molecule has 0 amide bonds. The van der Waals surface area contributed by atoms with Crippen molar-refractivity contribution in [2.24, 2.45) is 5.92 Å². The number of nitrogens with zero attached hydrogens (tertiary/aromatic N) is 2. The number of hydrogen-bond acceptors (Lipinski definition) is 2. The first kappa shape index (κ1) is 15.0. The highest BCUT2D eigenvalue weighted by Crippen LogP contribution is 2.27. The van der Waals surface area contributed by atoms with Crippen molar-refractivity contribution in [2.75, 3.05) is 0 Å². The van der Waals surface area contributed by atoms with E-state index in [0.717, 1.165) is 0 Å². The highest BCUT2D eigenvalue weighted by Gasteiger charge is 2.42. The lowest BCUT2D eigenvalue weighted by molar-refractivity contribution is -0.0887. The SMILES string of the molecule is CC(C)Cc1nc(C(=O)C(F)(F)F)c2cccc(Br)n12. The first-order chi connectivity index (χ1) is 9.21. The highest BCUT2D eigenvalue weighted by molar-refractivity contribution is 9.10. The number of carbonyl (C=O) groups is 1. The molecule has 20 heavy (non-hydrogen) atoms. The van der Waals surface area contributed by atoms with Crippen LogP contribution in [0.2, 0.25) is 0 Å². The van der Waals surface area contributed by atoms with Gasteiger partial charge in [0.2, 0.25) is 0 Å². The number of carbonyl (C=O) groups excluding carboxylic acids is 1. The summed E-state index contributed by atoms with van der Waals surface area (Å²) in [5, 5.41) is 0. The van der Waals surface area contributed by atoms with E-state index in [1.54, 1.807) is 16.5 Å². The number of ketones is 1. The molecule has 0 aliphatic heterocycles. The second-order valence-corrected chi connectivity index (χ2v) is 5.68. The summed E-state index contributed by atoms with van der Waals surface area (Å²) in [6.07, 6.45) is -4.44. The number of imidazole rings is 1. The lowest BCUT2D eigenvalue weighted by atomic mass is 10.1. The Morgan fingerprint density at radius 1 is 1.40 bits per heavy atom. The number of aromatic nitrogens is 2. The Balaban J connectivity index is 2.68. The van der Waals surface area contributed by atoms with Gasteiger partial charge in [0.05, 0.1) is 10.1 Å². The minimum atomic E-state index is -4.92. The fourth-order valence-electron chi connectivity index (χ4n) is 1.97. The third kappa shape index (κ3) is 2.72. The molecule has 0 fully saturated rings. The number of pyridine rings is 1. The summed E-state index contributed by atoms with van der Waals surface area (Å²) in [5.41, 5.74) is -0.383. The van der Waals surface area contributed by atoms with Gasteiger partial charge in [-0.15, -0.1) is 0 Å². The molecule has 0 saturated heterocycles. The van der Waals surface area contributed by atoms with Gasteiger partial charge in [-0.1, -0.05) is 19.9 Å². The van der Waals surface area contributed by atoms with Crippen molar-refractivity contribution in [3.05, 3.63) is 34.3 Å². The van der Waals surface area contributed by atoms with Crippen LogP contribution in [0.3, 0.4) is 0 Å². The molecule has 7 heteroatoms. The minimum absolute atomic E-state index is 0.164. The van der Waals surface area contributed by atoms with Crippen LogP contribution in [0.15, 0.2) is 22.8 Å². The number of fused-ring (bicyclic) bond motifs is 1. The summed E-state index contributed by atoms with van der Waals surface area (Å²) in [7, 11) is 0. The molecule has 108 valence electrons. The molecule has 0 atom stereocenters. The molecule has 0 N–H and O–H groups in total. The van der Waals surface area contributed by atoms with Crippen LogP contribution in [0.25, 0.3) is 5.52 Å². The third-order valence-corrected chi connectivity index (χ3v) is 3.37. The fourth-order valence-corrected chi connectivity index (χ4v) is 2.52. The van der Waals surface area contributed by atoms with E-state index in [2.05, 4.69) is 20.9 Å². The molecule has 0 bridgehead atoms. The highest BCUT2D eigenvalue weighted by atomic mass is 79.9. The van der Waals surface area contributed by atoms with Crippen molar-refractivity contribution in [1.29, 1.82) is 0 Å². The number of Topliss-reactive ketones (excluding diaryl/α,β-unsaturated/α-hetero) is 1. The lowest BCUT2D eigenvalue weighted by Crippen LogP contribution is -2.23. The van der Waals surface area contributed by atoms with Gasteiger partial charge in [0.15, 0.2) is 0 Å². The summed E-state index contributed by atoms with van der Waals surface area (Å²) in [5.74, 6) is -1.26. The molecule has 0 radical (unpaired) electrons. The molecular weight excluding hydrogens is 337 g/mol. The monoisotopic (exact) mass is 348 g/mol. The molecule has 0 aromatic carbocycles. The second kappa shape index (κ2) is 5.20. The van der Waals surface area contributed by atoms with Gasteiger partial charge in [-0.3, -0.25) is 9.20 Å². The van der Waals surface area contributed by atoms with Crippen molar-refractivity contribution in [2.45, 2.75) is 26.4 Å². The number of alkyl halides is 3.